The smallest absolute Gasteiger partial charge is 0.0842 e. The number of nitrogens with zero attached hydrogens (tertiary/aromatic N) is 2. The summed E-state index contributed by atoms with van der Waals surface area (Å²) in [6, 6.07) is 8.86. The molecule has 1 aliphatic rings. The Balaban J connectivity index is 2.14. The van der Waals surface area contributed by atoms with Crippen LogP contribution in [0.4, 0.5) is 0 Å². The SMILES string of the molecule is Cc1ccc(C(C#N)CN2CCCC2)c(C)c1. The van der Waals surface area contributed by atoms with E-state index >= 15 is 0 Å². The third-order valence-corrected chi connectivity index (χ3v) is 3.60. The van der Waals surface area contributed by atoms with Crippen LogP contribution in [0.3, 0.4) is 0 Å². The molecule has 0 saturated carbocycles. The third kappa shape index (κ3) is 2.87. The summed E-state index contributed by atoms with van der Waals surface area (Å²) < 4.78 is 0. The summed E-state index contributed by atoms with van der Waals surface area (Å²) in [5.74, 6) is 0.0219. The zero-order chi connectivity index (χ0) is 12.3. The Labute approximate surface area is 104 Å². The maximum atomic E-state index is 9.36. The average molecular weight is 228 g/mol. The van der Waals surface area contributed by atoms with Gasteiger partial charge in [-0.3, -0.25) is 0 Å². The number of nitriles is 1. The van der Waals surface area contributed by atoms with Gasteiger partial charge < -0.3 is 4.90 Å². The van der Waals surface area contributed by atoms with E-state index in [1.165, 1.54) is 29.5 Å². The Morgan fingerprint density at radius 1 is 1.29 bits per heavy atom. The summed E-state index contributed by atoms with van der Waals surface area (Å²) in [4.78, 5) is 2.41. The summed E-state index contributed by atoms with van der Waals surface area (Å²) in [6.45, 7) is 7.40. The van der Waals surface area contributed by atoms with Crippen molar-refractivity contribution in [3.8, 4) is 6.07 Å². The number of likely N-dealkylation sites (tertiary alicyclic amines) is 1. The van der Waals surface area contributed by atoms with Crippen molar-refractivity contribution in [2.75, 3.05) is 19.6 Å². The lowest BCUT2D eigenvalue weighted by molar-refractivity contribution is 0.331. The molecule has 0 amide bonds. The minimum atomic E-state index is 0.0219. The zero-order valence-electron chi connectivity index (χ0n) is 10.7. The van der Waals surface area contributed by atoms with Crippen molar-refractivity contribution in [1.29, 1.82) is 5.26 Å². The first-order valence-electron chi connectivity index (χ1n) is 6.40. The van der Waals surface area contributed by atoms with Gasteiger partial charge in [0, 0.05) is 6.54 Å². The maximum absolute atomic E-state index is 9.36. The zero-order valence-corrected chi connectivity index (χ0v) is 10.7. The first-order chi connectivity index (χ1) is 8.20. The average Bonchev–Trinajstić information content (AvgIpc) is 2.79. The normalized spacial score (nSPS) is 17.9. The van der Waals surface area contributed by atoms with E-state index in [1.54, 1.807) is 0 Å². The van der Waals surface area contributed by atoms with Crippen LogP contribution in [0.5, 0.6) is 0 Å². The largest absolute Gasteiger partial charge is 0.302 e. The molecule has 0 bridgehead atoms. The van der Waals surface area contributed by atoms with Crippen LogP contribution in [-0.4, -0.2) is 24.5 Å². The molecule has 17 heavy (non-hydrogen) atoms. The fraction of sp³-hybridized carbons (Fsp3) is 0.533. The minimum Gasteiger partial charge on any atom is -0.302 e. The van der Waals surface area contributed by atoms with Gasteiger partial charge in [-0.15, -0.1) is 0 Å². The van der Waals surface area contributed by atoms with Gasteiger partial charge in [0.2, 0.25) is 0 Å². The number of benzene rings is 1. The van der Waals surface area contributed by atoms with E-state index in [9.17, 15) is 5.26 Å². The van der Waals surface area contributed by atoms with Gasteiger partial charge in [0.25, 0.3) is 0 Å². The molecule has 1 atom stereocenters. The minimum absolute atomic E-state index is 0.0219. The van der Waals surface area contributed by atoms with E-state index in [4.69, 9.17) is 0 Å². The highest BCUT2D eigenvalue weighted by molar-refractivity contribution is 5.36. The number of hydrogen-bond acceptors (Lipinski definition) is 2. The molecule has 0 N–H and O–H groups in total. The second kappa shape index (κ2) is 5.33. The van der Waals surface area contributed by atoms with Gasteiger partial charge in [-0.1, -0.05) is 23.8 Å². The second-order valence-electron chi connectivity index (χ2n) is 5.05. The molecule has 0 aromatic heterocycles. The molecule has 0 aliphatic carbocycles. The highest BCUT2D eigenvalue weighted by Crippen LogP contribution is 2.23. The molecule has 0 spiro atoms. The lowest BCUT2D eigenvalue weighted by Gasteiger charge is -2.20. The lowest BCUT2D eigenvalue weighted by Crippen LogP contribution is -2.25. The summed E-state index contributed by atoms with van der Waals surface area (Å²) in [7, 11) is 0. The van der Waals surface area contributed by atoms with Crippen molar-refractivity contribution < 1.29 is 0 Å². The molecule has 2 nitrogen and oxygen atoms in total. The van der Waals surface area contributed by atoms with Crippen LogP contribution in [0, 0.1) is 25.2 Å². The fourth-order valence-corrected chi connectivity index (χ4v) is 2.65. The second-order valence-corrected chi connectivity index (χ2v) is 5.05. The van der Waals surface area contributed by atoms with Gasteiger partial charge in [-0.05, 0) is 50.9 Å². The van der Waals surface area contributed by atoms with Crippen LogP contribution >= 0.6 is 0 Å². The Morgan fingerprint density at radius 3 is 2.59 bits per heavy atom. The summed E-state index contributed by atoms with van der Waals surface area (Å²) in [5.41, 5.74) is 3.71. The molecule has 1 heterocycles. The van der Waals surface area contributed by atoms with Crippen molar-refractivity contribution in [1.82, 2.24) is 4.90 Å². The van der Waals surface area contributed by atoms with Crippen molar-refractivity contribution in [3.63, 3.8) is 0 Å². The maximum Gasteiger partial charge on any atom is 0.0842 e. The van der Waals surface area contributed by atoms with Gasteiger partial charge in [-0.25, -0.2) is 0 Å². The molecule has 0 radical (unpaired) electrons. The van der Waals surface area contributed by atoms with Gasteiger partial charge in [-0.2, -0.15) is 5.26 Å². The molecule has 1 saturated heterocycles. The third-order valence-electron chi connectivity index (χ3n) is 3.60. The van der Waals surface area contributed by atoms with Crippen LogP contribution in [0.25, 0.3) is 0 Å². The standard InChI is InChI=1S/C15H20N2/c1-12-5-6-15(13(2)9-12)14(10-16)11-17-7-3-4-8-17/h5-6,9,14H,3-4,7-8,11H2,1-2H3. The number of hydrogen-bond donors (Lipinski definition) is 0. The van der Waals surface area contributed by atoms with Crippen LogP contribution in [0.1, 0.15) is 35.4 Å². The molecule has 2 rings (SSSR count). The first kappa shape index (κ1) is 12.1. The molecular formula is C15H20N2. The molecule has 1 unspecified atom stereocenters. The number of aryl methyl sites for hydroxylation is 2. The van der Waals surface area contributed by atoms with E-state index in [0.717, 1.165) is 19.6 Å². The van der Waals surface area contributed by atoms with E-state index in [-0.39, 0.29) is 5.92 Å². The summed E-state index contributed by atoms with van der Waals surface area (Å²) in [6.07, 6.45) is 2.57. The first-order valence-corrected chi connectivity index (χ1v) is 6.40. The quantitative estimate of drug-likeness (QED) is 0.795. The number of rotatable bonds is 3. The van der Waals surface area contributed by atoms with Crippen LogP contribution in [0.2, 0.25) is 0 Å². The molecular weight excluding hydrogens is 208 g/mol. The summed E-state index contributed by atoms with van der Waals surface area (Å²) in [5, 5.41) is 9.36. The van der Waals surface area contributed by atoms with Crippen LogP contribution in [0.15, 0.2) is 18.2 Å². The van der Waals surface area contributed by atoms with Crippen molar-refractivity contribution in [2.45, 2.75) is 32.6 Å². The predicted octanol–water partition coefficient (Wildman–Crippen LogP) is 3.01. The van der Waals surface area contributed by atoms with E-state index in [0.29, 0.717) is 0 Å². The Hall–Kier alpha value is -1.33. The van der Waals surface area contributed by atoms with Crippen LogP contribution < -0.4 is 0 Å². The van der Waals surface area contributed by atoms with Crippen LogP contribution in [-0.2, 0) is 0 Å². The monoisotopic (exact) mass is 228 g/mol. The molecule has 2 heteroatoms. The van der Waals surface area contributed by atoms with Gasteiger partial charge in [0.05, 0.1) is 12.0 Å². The topological polar surface area (TPSA) is 27.0 Å². The Morgan fingerprint density at radius 2 is 2.00 bits per heavy atom. The molecule has 90 valence electrons. The highest BCUT2D eigenvalue weighted by atomic mass is 15.1. The Bertz CT molecular complexity index is 425. The van der Waals surface area contributed by atoms with Gasteiger partial charge in [0.1, 0.15) is 0 Å². The Kier molecular flexibility index (Phi) is 3.81. The fourth-order valence-electron chi connectivity index (χ4n) is 2.65. The van der Waals surface area contributed by atoms with E-state index in [1.807, 2.05) is 0 Å². The van der Waals surface area contributed by atoms with E-state index in [2.05, 4.69) is 43.0 Å². The van der Waals surface area contributed by atoms with Gasteiger partial charge >= 0.3 is 0 Å². The molecule has 1 aromatic carbocycles. The predicted molar refractivity (Wildman–Crippen MR) is 69.9 cm³/mol. The molecule has 1 fully saturated rings. The van der Waals surface area contributed by atoms with Crippen molar-refractivity contribution >= 4 is 0 Å². The molecule has 1 aromatic rings. The van der Waals surface area contributed by atoms with Gasteiger partial charge in [0.15, 0.2) is 0 Å². The van der Waals surface area contributed by atoms with Crippen molar-refractivity contribution in [2.24, 2.45) is 0 Å². The molecule has 1 aliphatic heterocycles. The highest BCUT2D eigenvalue weighted by Gasteiger charge is 2.19. The van der Waals surface area contributed by atoms with Crippen molar-refractivity contribution in [3.05, 3.63) is 34.9 Å². The van der Waals surface area contributed by atoms with E-state index < -0.39 is 0 Å². The summed E-state index contributed by atoms with van der Waals surface area (Å²) >= 11 is 0. The lowest BCUT2D eigenvalue weighted by atomic mass is 9.94.